The molecule has 0 unspecified atom stereocenters. The number of nitrogens with one attached hydrogen (secondary N) is 1. The lowest BCUT2D eigenvalue weighted by Crippen LogP contribution is -2.35. The Balaban J connectivity index is 1.84. The first-order valence-electron chi connectivity index (χ1n) is 7.76. The van der Waals surface area contributed by atoms with Crippen LogP contribution in [0.15, 0.2) is 24.3 Å². The topological polar surface area (TPSA) is 21.3 Å². The van der Waals surface area contributed by atoms with Crippen molar-refractivity contribution in [1.29, 1.82) is 0 Å². The van der Waals surface area contributed by atoms with Gasteiger partial charge in [-0.1, -0.05) is 38.5 Å². The second-order valence-corrected chi connectivity index (χ2v) is 5.63. The van der Waals surface area contributed by atoms with Crippen LogP contribution >= 0.6 is 0 Å². The van der Waals surface area contributed by atoms with Gasteiger partial charge in [-0.2, -0.15) is 0 Å². The zero-order chi connectivity index (χ0) is 13.5. The summed E-state index contributed by atoms with van der Waals surface area (Å²) in [6, 6.07) is 9.14. The molecule has 0 amide bonds. The number of benzene rings is 1. The molecule has 106 valence electrons. The van der Waals surface area contributed by atoms with Gasteiger partial charge in [0.15, 0.2) is 0 Å². The standard InChI is InChI=1S/C17H27NO/c1-3-14(2)16-9-4-5-10-17(16)19-13-11-15-8-6-7-12-18-15/h4-5,9-10,14-15,18H,3,6-8,11-13H2,1-2H3/t14-,15-/m0/s1. The van der Waals surface area contributed by atoms with E-state index in [1.54, 1.807) is 0 Å². The van der Waals surface area contributed by atoms with Crippen molar-refractivity contribution in [3.05, 3.63) is 29.8 Å². The average molecular weight is 261 g/mol. The predicted octanol–water partition coefficient (Wildman–Crippen LogP) is 4.11. The Morgan fingerprint density at radius 1 is 1.32 bits per heavy atom. The Morgan fingerprint density at radius 2 is 2.16 bits per heavy atom. The molecule has 2 atom stereocenters. The zero-order valence-corrected chi connectivity index (χ0v) is 12.3. The molecule has 0 bridgehead atoms. The molecule has 2 nitrogen and oxygen atoms in total. The van der Waals surface area contributed by atoms with Crippen LogP contribution in [0.2, 0.25) is 0 Å². The van der Waals surface area contributed by atoms with E-state index in [4.69, 9.17) is 4.74 Å². The van der Waals surface area contributed by atoms with E-state index in [0.717, 1.165) is 25.2 Å². The van der Waals surface area contributed by atoms with E-state index in [9.17, 15) is 0 Å². The maximum Gasteiger partial charge on any atom is 0.122 e. The van der Waals surface area contributed by atoms with Crippen LogP contribution < -0.4 is 10.1 Å². The largest absolute Gasteiger partial charge is 0.493 e. The van der Waals surface area contributed by atoms with Gasteiger partial charge in [0.2, 0.25) is 0 Å². The molecular formula is C17H27NO. The second-order valence-electron chi connectivity index (χ2n) is 5.63. The maximum atomic E-state index is 6.02. The average Bonchev–Trinajstić information content (AvgIpc) is 2.48. The molecular weight excluding hydrogens is 234 g/mol. The molecule has 1 aliphatic heterocycles. The van der Waals surface area contributed by atoms with E-state index < -0.39 is 0 Å². The summed E-state index contributed by atoms with van der Waals surface area (Å²) in [6.07, 6.45) is 6.27. The minimum atomic E-state index is 0.573. The maximum absolute atomic E-state index is 6.02. The first-order valence-corrected chi connectivity index (χ1v) is 7.76. The first kappa shape index (κ1) is 14.4. The van der Waals surface area contributed by atoms with Crippen LogP contribution in [0.5, 0.6) is 5.75 Å². The van der Waals surface area contributed by atoms with Gasteiger partial charge in [0.05, 0.1) is 6.61 Å². The monoisotopic (exact) mass is 261 g/mol. The van der Waals surface area contributed by atoms with Gasteiger partial charge in [-0.3, -0.25) is 0 Å². The normalized spacial score (nSPS) is 21.1. The van der Waals surface area contributed by atoms with Gasteiger partial charge < -0.3 is 10.1 Å². The molecule has 2 heteroatoms. The number of hydrogen-bond acceptors (Lipinski definition) is 2. The van der Waals surface area contributed by atoms with E-state index in [0.29, 0.717) is 12.0 Å². The highest BCUT2D eigenvalue weighted by atomic mass is 16.5. The third kappa shape index (κ3) is 4.24. The van der Waals surface area contributed by atoms with E-state index in [-0.39, 0.29) is 0 Å². The fraction of sp³-hybridized carbons (Fsp3) is 0.647. The molecule has 1 N–H and O–H groups in total. The molecule has 19 heavy (non-hydrogen) atoms. The van der Waals surface area contributed by atoms with E-state index >= 15 is 0 Å². The van der Waals surface area contributed by atoms with Crippen molar-refractivity contribution in [3.8, 4) is 5.75 Å². The summed E-state index contributed by atoms with van der Waals surface area (Å²) in [4.78, 5) is 0. The lowest BCUT2D eigenvalue weighted by Gasteiger charge is -2.24. The molecule has 1 heterocycles. The fourth-order valence-corrected chi connectivity index (χ4v) is 2.72. The summed E-state index contributed by atoms with van der Waals surface area (Å²) < 4.78 is 6.02. The first-order chi connectivity index (χ1) is 9.31. The SMILES string of the molecule is CC[C@H](C)c1ccccc1OCC[C@@H]1CCCCN1. The summed E-state index contributed by atoms with van der Waals surface area (Å²) in [5.74, 6) is 1.65. The van der Waals surface area contributed by atoms with E-state index in [2.05, 4.69) is 43.4 Å². The quantitative estimate of drug-likeness (QED) is 0.832. The second kappa shape index (κ2) is 7.54. The van der Waals surface area contributed by atoms with Gasteiger partial charge in [0, 0.05) is 6.04 Å². The highest BCUT2D eigenvalue weighted by Crippen LogP contribution is 2.28. The third-order valence-electron chi connectivity index (χ3n) is 4.20. The molecule has 1 aromatic carbocycles. The van der Waals surface area contributed by atoms with Gasteiger partial charge in [-0.05, 0) is 49.8 Å². The van der Waals surface area contributed by atoms with Gasteiger partial charge in [0.1, 0.15) is 5.75 Å². The summed E-state index contributed by atoms with van der Waals surface area (Å²) >= 11 is 0. The van der Waals surface area contributed by atoms with Crippen molar-refractivity contribution in [2.24, 2.45) is 0 Å². The van der Waals surface area contributed by atoms with Crippen LogP contribution in [0.1, 0.15) is 57.4 Å². The van der Waals surface area contributed by atoms with Crippen LogP contribution in [0, 0.1) is 0 Å². The van der Waals surface area contributed by atoms with Crippen molar-refractivity contribution < 1.29 is 4.74 Å². The Bertz CT molecular complexity index is 371. The molecule has 0 radical (unpaired) electrons. The van der Waals surface area contributed by atoms with Crippen molar-refractivity contribution in [3.63, 3.8) is 0 Å². The zero-order valence-electron chi connectivity index (χ0n) is 12.3. The molecule has 0 aliphatic carbocycles. The number of ether oxygens (including phenoxy) is 1. The molecule has 0 saturated carbocycles. The van der Waals surface area contributed by atoms with Gasteiger partial charge in [-0.15, -0.1) is 0 Å². The summed E-state index contributed by atoms with van der Waals surface area (Å²) in [5, 5.41) is 3.57. The Labute approximate surface area is 117 Å². The Morgan fingerprint density at radius 3 is 2.89 bits per heavy atom. The Hall–Kier alpha value is -1.02. The Kier molecular flexibility index (Phi) is 5.71. The number of hydrogen-bond donors (Lipinski definition) is 1. The van der Waals surface area contributed by atoms with Crippen molar-refractivity contribution in [2.75, 3.05) is 13.2 Å². The van der Waals surface area contributed by atoms with Crippen LogP contribution in [-0.4, -0.2) is 19.2 Å². The van der Waals surface area contributed by atoms with Gasteiger partial charge >= 0.3 is 0 Å². The molecule has 1 fully saturated rings. The molecule has 2 rings (SSSR count). The molecule has 0 aromatic heterocycles. The lowest BCUT2D eigenvalue weighted by atomic mass is 9.98. The number of rotatable bonds is 6. The highest BCUT2D eigenvalue weighted by Gasteiger charge is 2.13. The van der Waals surface area contributed by atoms with Crippen molar-refractivity contribution in [1.82, 2.24) is 5.32 Å². The molecule has 1 aliphatic rings. The van der Waals surface area contributed by atoms with Crippen molar-refractivity contribution >= 4 is 0 Å². The van der Waals surface area contributed by atoms with Gasteiger partial charge in [0.25, 0.3) is 0 Å². The number of para-hydroxylation sites is 1. The summed E-state index contributed by atoms with van der Waals surface area (Å²) in [7, 11) is 0. The van der Waals surface area contributed by atoms with E-state index in [1.807, 2.05) is 0 Å². The van der Waals surface area contributed by atoms with E-state index in [1.165, 1.54) is 31.4 Å². The molecule has 1 aromatic rings. The fourth-order valence-electron chi connectivity index (χ4n) is 2.72. The minimum absolute atomic E-state index is 0.573. The van der Waals surface area contributed by atoms with Crippen LogP contribution in [0.3, 0.4) is 0 Å². The van der Waals surface area contributed by atoms with Crippen LogP contribution in [0.25, 0.3) is 0 Å². The summed E-state index contributed by atoms with van der Waals surface area (Å²) in [5.41, 5.74) is 1.35. The summed E-state index contributed by atoms with van der Waals surface area (Å²) in [6.45, 7) is 6.50. The van der Waals surface area contributed by atoms with Gasteiger partial charge in [-0.25, -0.2) is 0 Å². The molecule has 0 spiro atoms. The van der Waals surface area contributed by atoms with Crippen molar-refractivity contribution in [2.45, 2.75) is 57.9 Å². The van der Waals surface area contributed by atoms with Crippen LogP contribution in [-0.2, 0) is 0 Å². The lowest BCUT2D eigenvalue weighted by molar-refractivity contribution is 0.265. The van der Waals surface area contributed by atoms with Crippen LogP contribution in [0.4, 0.5) is 0 Å². The minimum Gasteiger partial charge on any atom is -0.493 e. The number of piperidine rings is 1. The smallest absolute Gasteiger partial charge is 0.122 e. The highest BCUT2D eigenvalue weighted by molar-refractivity contribution is 5.35. The predicted molar refractivity (Wildman–Crippen MR) is 80.9 cm³/mol. The molecule has 1 saturated heterocycles. The third-order valence-corrected chi connectivity index (χ3v) is 4.20.